The smallest absolute Gasteiger partial charge is 0.296 e. The Labute approximate surface area is 117 Å². The van der Waals surface area contributed by atoms with E-state index in [4.69, 9.17) is 10.3 Å². The van der Waals surface area contributed by atoms with Crippen molar-refractivity contribution >= 4 is 36.6 Å². The van der Waals surface area contributed by atoms with E-state index in [0.717, 1.165) is 12.1 Å². The quantitative estimate of drug-likeness (QED) is 0.328. The Morgan fingerprint density at radius 2 is 1.80 bits per heavy atom. The number of thiol groups is 1. The van der Waals surface area contributed by atoms with Crippen molar-refractivity contribution in [3.05, 3.63) is 18.2 Å². The fraction of sp³-hybridized carbons (Fsp3) is 0.250. The number of sulfone groups is 1. The topological polar surface area (TPSA) is 158 Å². The van der Waals surface area contributed by atoms with E-state index in [1.807, 2.05) is 0 Å². The van der Waals surface area contributed by atoms with Gasteiger partial charge >= 0.3 is 0 Å². The van der Waals surface area contributed by atoms with Crippen molar-refractivity contribution in [2.75, 3.05) is 18.1 Å². The Hall–Kier alpha value is -1.21. The lowest BCUT2D eigenvalue weighted by atomic mass is 10.3. The van der Waals surface area contributed by atoms with Crippen molar-refractivity contribution in [1.29, 1.82) is 0 Å². The van der Waals surface area contributed by atoms with Crippen molar-refractivity contribution in [3.8, 4) is 0 Å². The first-order valence-corrected chi connectivity index (χ1v) is 9.10. The van der Waals surface area contributed by atoms with Gasteiger partial charge in [0.25, 0.3) is 21.1 Å². The van der Waals surface area contributed by atoms with Crippen LogP contribution < -0.4 is 5.73 Å². The van der Waals surface area contributed by atoms with E-state index in [0.29, 0.717) is 6.07 Å². The zero-order valence-electron chi connectivity index (χ0n) is 9.79. The first-order valence-electron chi connectivity index (χ1n) is 4.91. The third-order valence-electron chi connectivity index (χ3n) is 2.17. The van der Waals surface area contributed by atoms with Crippen LogP contribution in [-0.4, -0.2) is 42.2 Å². The average Bonchev–Trinajstić information content (AvgIpc) is 2.26. The Kier molecular flexibility index (Phi) is 5.10. The average molecular weight is 345 g/mol. The molecule has 1 aromatic carbocycles. The number of benzene rings is 1. The predicted octanol–water partition coefficient (Wildman–Crippen LogP) is -1.17. The fourth-order valence-electron chi connectivity index (χ4n) is 1.27. The van der Waals surface area contributed by atoms with Crippen LogP contribution in [0.4, 0.5) is 5.69 Å². The molecule has 1 aromatic rings. The standard InChI is InChI=1S/C8H11NO8S3/c9-7-2-1-6(5-8(7)20(14,15)16)19(12,13)4-3-17-18(10)11/h1-2,5,18H,3-4,9H2,(H,14,15,16). The molecule has 0 unspecified atom stereocenters. The second kappa shape index (κ2) is 6.05. The van der Waals surface area contributed by atoms with Gasteiger partial charge in [0.15, 0.2) is 9.84 Å². The molecular formula is C8H11NO8S3. The second-order valence-corrected chi connectivity index (χ2v) is 7.75. The number of anilines is 1. The molecular weight excluding hydrogens is 334 g/mol. The van der Waals surface area contributed by atoms with E-state index in [1.165, 1.54) is 0 Å². The summed E-state index contributed by atoms with van der Waals surface area (Å²) >= 11 is 0. The Balaban J connectivity index is 3.14. The minimum absolute atomic E-state index is 0.315. The van der Waals surface area contributed by atoms with Crippen LogP contribution in [0.3, 0.4) is 0 Å². The first-order chi connectivity index (χ1) is 9.04. The Morgan fingerprint density at radius 1 is 1.20 bits per heavy atom. The maximum absolute atomic E-state index is 11.8. The number of nitrogens with two attached hydrogens (primary N) is 1. The summed E-state index contributed by atoms with van der Waals surface area (Å²) < 4.78 is 78.9. The SMILES string of the molecule is Nc1ccc(S(=O)(=O)CCO[SH](=O)=O)cc1S(=O)(=O)O. The minimum atomic E-state index is -4.67. The molecule has 0 heterocycles. The molecule has 0 saturated heterocycles. The summed E-state index contributed by atoms with van der Waals surface area (Å²) in [6, 6.07) is 2.73. The van der Waals surface area contributed by atoms with Crippen LogP contribution in [0.1, 0.15) is 0 Å². The van der Waals surface area contributed by atoms with Crippen LogP contribution in [0.5, 0.6) is 0 Å². The highest BCUT2D eigenvalue weighted by Gasteiger charge is 2.20. The van der Waals surface area contributed by atoms with Crippen LogP contribution in [0.2, 0.25) is 0 Å². The largest absolute Gasteiger partial charge is 0.398 e. The van der Waals surface area contributed by atoms with Crippen molar-refractivity contribution in [1.82, 2.24) is 0 Å². The number of rotatable bonds is 6. The minimum Gasteiger partial charge on any atom is -0.398 e. The first kappa shape index (κ1) is 16.8. The maximum Gasteiger partial charge on any atom is 0.296 e. The van der Waals surface area contributed by atoms with Gasteiger partial charge < -0.3 is 5.73 Å². The predicted molar refractivity (Wildman–Crippen MR) is 69.0 cm³/mol. The molecule has 0 saturated carbocycles. The number of nitrogen functional groups attached to an aromatic ring is 1. The van der Waals surface area contributed by atoms with Crippen LogP contribution >= 0.6 is 0 Å². The summed E-state index contributed by atoms with van der Waals surface area (Å²) in [6.45, 7) is -0.605. The summed E-state index contributed by atoms with van der Waals surface area (Å²) in [4.78, 5) is -1.17. The summed E-state index contributed by atoms with van der Waals surface area (Å²) in [5.74, 6) is -0.675. The summed E-state index contributed by atoms with van der Waals surface area (Å²) in [7, 11) is -11.8. The van der Waals surface area contributed by atoms with E-state index in [9.17, 15) is 25.3 Å². The third-order valence-corrected chi connectivity index (χ3v) is 5.15. The van der Waals surface area contributed by atoms with Gasteiger partial charge in [-0.15, -0.1) is 0 Å². The van der Waals surface area contributed by atoms with Gasteiger partial charge in [0, 0.05) is 0 Å². The van der Waals surface area contributed by atoms with E-state index in [-0.39, 0.29) is 5.69 Å². The molecule has 0 atom stereocenters. The zero-order valence-corrected chi connectivity index (χ0v) is 12.3. The molecule has 0 bridgehead atoms. The molecule has 0 fully saturated rings. The third kappa shape index (κ3) is 4.42. The van der Waals surface area contributed by atoms with Crippen LogP contribution in [0.15, 0.2) is 28.0 Å². The molecule has 0 aliphatic heterocycles. The maximum atomic E-state index is 11.8. The highest BCUT2D eigenvalue weighted by atomic mass is 32.2. The van der Waals surface area contributed by atoms with Crippen LogP contribution in [-0.2, 0) is 35.1 Å². The van der Waals surface area contributed by atoms with Crippen LogP contribution in [0.25, 0.3) is 0 Å². The molecule has 20 heavy (non-hydrogen) atoms. The highest BCUT2D eigenvalue weighted by Crippen LogP contribution is 2.23. The second-order valence-electron chi connectivity index (χ2n) is 3.55. The van der Waals surface area contributed by atoms with Gasteiger partial charge in [0.2, 0.25) is 0 Å². The monoisotopic (exact) mass is 345 g/mol. The van der Waals surface area contributed by atoms with E-state index in [1.54, 1.807) is 0 Å². The molecule has 0 amide bonds. The van der Waals surface area contributed by atoms with Crippen LogP contribution in [0, 0.1) is 0 Å². The molecule has 0 aliphatic carbocycles. The van der Waals surface area contributed by atoms with Gasteiger partial charge in [0.05, 0.1) is 22.9 Å². The molecule has 0 spiro atoms. The molecule has 114 valence electrons. The number of hydrogen-bond donors (Lipinski definition) is 3. The van der Waals surface area contributed by atoms with Crippen molar-refractivity contribution < 1.29 is 34.0 Å². The van der Waals surface area contributed by atoms with Gasteiger partial charge in [-0.25, -0.2) is 16.8 Å². The van der Waals surface area contributed by atoms with Crippen molar-refractivity contribution in [3.63, 3.8) is 0 Å². The van der Waals surface area contributed by atoms with Gasteiger partial charge in [-0.2, -0.15) is 8.42 Å². The summed E-state index contributed by atoms with van der Waals surface area (Å²) in [6.07, 6.45) is 0. The lowest BCUT2D eigenvalue weighted by molar-refractivity contribution is 0.355. The van der Waals surface area contributed by atoms with Gasteiger partial charge in [-0.05, 0) is 18.2 Å². The molecule has 1 rings (SSSR count). The Bertz CT molecular complexity index is 770. The van der Waals surface area contributed by atoms with E-state index in [2.05, 4.69) is 4.18 Å². The molecule has 3 N–H and O–H groups in total. The molecule has 12 heteroatoms. The summed E-state index contributed by atoms with van der Waals surface area (Å²) in [5.41, 5.74) is 5.01. The Morgan fingerprint density at radius 3 is 2.30 bits per heavy atom. The normalized spacial score (nSPS) is 12.7. The molecule has 0 radical (unpaired) electrons. The van der Waals surface area contributed by atoms with E-state index < -0.39 is 53.1 Å². The van der Waals surface area contributed by atoms with Crippen molar-refractivity contribution in [2.24, 2.45) is 0 Å². The highest BCUT2D eigenvalue weighted by molar-refractivity contribution is 7.91. The molecule has 9 nitrogen and oxygen atoms in total. The summed E-state index contributed by atoms with van der Waals surface area (Å²) in [5, 5.41) is 0. The lowest BCUT2D eigenvalue weighted by Gasteiger charge is -2.07. The van der Waals surface area contributed by atoms with Crippen molar-refractivity contribution in [2.45, 2.75) is 9.79 Å². The van der Waals surface area contributed by atoms with Gasteiger partial charge in [0.1, 0.15) is 4.90 Å². The lowest BCUT2D eigenvalue weighted by Crippen LogP contribution is -2.13. The van der Waals surface area contributed by atoms with Gasteiger partial charge in [-0.1, -0.05) is 0 Å². The number of hydrogen-bond acceptors (Lipinski definition) is 8. The molecule has 0 aliphatic rings. The van der Waals surface area contributed by atoms with E-state index >= 15 is 0 Å². The zero-order chi connectivity index (χ0) is 15.6. The van der Waals surface area contributed by atoms with Gasteiger partial charge in [-0.3, -0.25) is 8.74 Å². The fourth-order valence-corrected chi connectivity index (χ4v) is 3.46. The molecule has 0 aromatic heterocycles.